The third kappa shape index (κ3) is 5.04. The van der Waals surface area contributed by atoms with Gasteiger partial charge in [-0.1, -0.05) is 13.3 Å². The normalized spacial score (nSPS) is 25.1. The fraction of sp³-hybridized carbons (Fsp3) is 0.923. The molecule has 1 fully saturated rings. The van der Waals surface area contributed by atoms with Crippen LogP contribution in [0.3, 0.4) is 0 Å². The van der Waals surface area contributed by atoms with Gasteiger partial charge in [-0.15, -0.1) is 0 Å². The van der Waals surface area contributed by atoms with Crippen molar-refractivity contribution >= 4 is 5.91 Å². The van der Waals surface area contributed by atoms with E-state index >= 15 is 0 Å². The van der Waals surface area contributed by atoms with Crippen molar-refractivity contribution in [3.05, 3.63) is 0 Å². The van der Waals surface area contributed by atoms with Crippen molar-refractivity contribution in [3.63, 3.8) is 0 Å². The molecule has 1 unspecified atom stereocenters. The molecule has 1 saturated carbocycles. The first-order valence-electron chi connectivity index (χ1n) is 6.71. The van der Waals surface area contributed by atoms with Crippen LogP contribution in [0.2, 0.25) is 0 Å². The molecule has 100 valence electrons. The zero-order valence-electron chi connectivity index (χ0n) is 11.1. The minimum atomic E-state index is 0.181. The van der Waals surface area contributed by atoms with Gasteiger partial charge in [0.2, 0.25) is 5.91 Å². The second-order valence-electron chi connectivity index (χ2n) is 4.98. The lowest BCUT2D eigenvalue weighted by molar-refractivity contribution is -0.123. The summed E-state index contributed by atoms with van der Waals surface area (Å²) in [6.07, 6.45) is 6.00. The topological polar surface area (TPSA) is 64.4 Å². The fourth-order valence-electron chi connectivity index (χ4n) is 2.30. The summed E-state index contributed by atoms with van der Waals surface area (Å²) in [5.74, 6) is 0.777. The van der Waals surface area contributed by atoms with E-state index in [-0.39, 0.29) is 5.91 Å². The summed E-state index contributed by atoms with van der Waals surface area (Å²) in [5.41, 5.74) is 5.54. The molecule has 0 radical (unpaired) electrons. The van der Waals surface area contributed by atoms with Crippen molar-refractivity contribution in [1.29, 1.82) is 0 Å². The molecule has 1 aliphatic rings. The summed E-state index contributed by atoms with van der Waals surface area (Å²) < 4.78 is 5.18. The molecular formula is C13H26N2O2. The monoisotopic (exact) mass is 242 g/mol. The van der Waals surface area contributed by atoms with Crippen molar-refractivity contribution in [2.75, 3.05) is 13.7 Å². The Morgan fingerprint density at radius 2 is 2.18 bits per heavy atom. The molecule has 4 heteroatoms. The van der Waals surface area contributed by atoms with Crippen LogP contribution in [0.25, 0.3) is 0 Å². The van der Waals surface area contributed by atoms with Gasteiger partial charge in [0.15, 0.2) is 0 Å². The van der Waals surface area contributed by atoms with Gasteiger partial charge in [0.25, 0.3) is 0 Å². The molecule has 3 N–H and O–H groups in total. The first-order chi connectivity index (χ1) is 8.19. The zero-order valence-corrected chi connectivity index (χ0v) is 11.1. The van der Waals surface area contributed by atoms with E-state index in [0.29, 0.717) is 24.5 Å². The lowest BCUT2D eigenvalue weighted by atomic mass is 9.89. The van der Waals surface area contributed by atoms with E-state index in [4.69, 9.17) is 10.5 Å². The third-order valence-corrected chi connectivity index (χ3v) is 3.73. The Bertz CT molecular complexity index is 227. The maximum atomic E-state index is 11.7. The molecule has 0 heterocycles. The Morgan fingerprint density at radius 1 is 1.47 bits per heavy atom. The highest BCUT2D eigenvalue weighted by molar-refractivity contribution is 5.76. The van der Waals surface area contributed by atoms with E-state index in [0.717, 1.165) is 38.6 Å². The molecule has 1 atom stereocenters. The average molecular weight is 242 g/mol. The second kappa shape index (κ2) is 7.67. The second-order valence-corrected chi connectivity index (χ2v) is 4.98. The molecule has 1 rings (SSSR count). The van der Waals surface area contributed by atoms with Crippen LogP contribution in [0.1, 0.15) is 45.4 Å². The minimum Gasteiger partial charge on any atom is -0.381 e. The minimum absolute atomic E-state index is 0.181. The summed E-state index contributed by atoms with van der Waals surface area (Å²) >= 11 is 0. The maximum absolute atomic E-state index is 11.7. The fourth-order valence-corrected chi connectivity index (χ4v) is 2.30. The standard InChI is InChI=1S/C13H26N2O2/c1-3-10(6-7-14)4-5-13(16)15-11-8-12(9-11)17-2/h10-12H,3-9,14H2,1-2H3,(H,15,16). The first kappa shape index (κ1) is 14.5. The maximum Gasteiger partial charge on any atom is 0.220 e. The van der Waals surface area contributed by atoms with Gasteiger partial charge in [0.1, 0.15) is 0 Å². The van der Waals surface area contributed by atoms with Crippen molar-refractivity contribution < 1.29 is 9.53 Å². The molecule has 1 amide bonds. The van der Waals surface area contributed by atoms with Gasteiger partial charge in [0, 0.05) is 19.6 Å². The van der Waals surface area contributed by atoms with Crippen molar-refractivity contribution in [2.24, 2.45) is 11.7 Å². The van der Waals surface area contributed by atoms with Crippen LogP contribution in [0, 0.1) is 5.92 Å². The number of ether oxygens (including phenoxy) is 1. The Balaban J connectivity index is 2.09. The lowest BCUT2D eigenvalue weighted by Crippen LogP contribution is -2.47. The summed E-state index contributed by atoms with van der Waals surface area (Å²) in [6.45, 7) is 2.88. The van der Waals surface area contributed by atoms with Gasteiger partial charge in [-0.25, -0.2) is 0 Å². The number of rotatable bonds is 8. The number of nitrogens with one attached hydrogen (secondary N) is 1. The summed E-state index contributed by atoms with van der Waals surface area (Å²) in [6, 6.07) is 0.335. The number of methoxy groups -OCH3 is 1. The number of hydrogen-bond donors (Lipinski definition) is 2. The van der Waals surface area contributed by atoms with E-state index in [1.165, 1.54) is 0 Å². The summed E-state index contributed by atoms with van der Waals surface area (Å²) in [7, 11) is 1.72. The van der Waals surface area contributed by atoms with Crippen LogP contribution >= 0.6 is 0 Å². The van der Waals surface area contributed by atoms with Crippen LogP contribution in [-0.2, 0) is 9.53 Å². The average Bonchev–Trinajstić information content (AvgIpc) is 2.28. The highest BCUT2D eigenvalue weighted by Gasteiger charge is 2.29. The smallest absolute Gasteiger partial charge is 0.220 e. The van der Waals surface area contributed by atoms with E-state index in [2.05, 4.69) is 12.2 Å². The van der Waals surface area contributed by atoms with Gasteiger partial charge in [-0.2, -0.15) is 0 Å². The Hall–Kier alpha value is -0.610. The van der Waals surface area contributed by atoms with E-state index in [1.54, 1.807) is 7.11 Å². The van der Waals surface area contributed by atoms with Gasteiger partial charge in [-0.05, 0) is 38.1 Å². The van der Waals surface area contributed by atoms with Crippen LogP contribution in [0.4, 0.5) is 0 Å². The lowest BCUT2D eigenvalue weighted by Gasteiger charge is -2.34. The molecule has 0 aromatic carbocycles. The van der Waals surface area contributed by atoms with E-state index < -0.39 is 0 Å². The van der Waals surface area contributed by atoms with Crippen molar-refractivity contribution in [3.8, 4) is 0 Å². The molecule has 0 saturated heterocycles. The number of nitrogens with two attached hydrogens (primary N) is 1. The highest BCUT2D eigenvalue weighted by atomic mass is 16.5. The predicted molar refractivity (Wildman–Crippen MR) is 68.6 cm³/mol. The van der Waals surface area contributed by atoms with Gasteiger partial charge in [0.05, 0.1) is 6.10 Å². The van der Waals surface area contributed by atoms with Crippen LogP contribution in [-0.4, -0.2) is 31.7 Å². The third-order valence-electron chi connectivity index (χ3n) is 3.73. The molecule has 0 aliphatic heterocycles. The summed E-state index contributed by atoms with van der Waals surface area (Å²) in [5, 5.41) is 3.05. The Kier molecular flexibility index (Phi) is 6.52. The molecular weight excluding hydrogens is 216 g/mol. The van der Waals surface area contributed by atoms with Crippen LogP contribution in [0.5, 0.6) is 0 Å². The number of amides is 1. The van der Waals surface area contributed by atoms with E-state index in [1.807, 2.05) is 0 Å². The summed E-state index contributed by atoms with van der Waals surface area (Å²) in [4.78, 5) is 11.7. The number of carbonyl (C=O) groups excluding carboxylic acids is 1. The zero-order chi connectivity index (χ0) is 12.7. The van der Waals surface area contributed by atoms with Gasteiger partial charge < -0.3 is 15.8 Å². The first-order valence-corrected chi connectivity index (χ1v) is 6.71. The number of hydrogen-bond acceptors (Lipinski definition) is 3. The van der Waals surface area contributed by atoms with Gasteiger partial charge >= 0.3 is 0 Å². The molecule has 0 bridgehead atoms. The Labute approximate surface area is 104 Å². The highest BCUT2D eigenvalue weighted by Crippen LogP contribution is 2.23. The quantitative estimate of drug-likeness (QED) is 0.677. The van der Waals surface area contributed by atoms with Crippen LogP contribution < -0.4 is 11.1 Å². The molecule has 0 spiro atoms. The Morgan fingerprint density at radius 3 is 2.71 bits per heavy atom. The molecule has 0 aromatic rings. The molecule has 17 heavy (non-hydrogen) atoms. The van der Waals surface area contributed by atoms with Crippen LogP contribution in [0.15, 0.2) is 0 Å². The van der Waals surface area contributed by atoms with Crippen molar-refractivity contribution in [1.82, 2.24) is 5.32 Å². The molecule has 4 nitrogen and oxygen atoms in total. The van der Waals surface area contributed by atoms with Gasteiger partial charge in [-0.3, -0.25) is 4.79 Å². The van der Waals surface area contributed by atoms with Crippen molar-refractivity contribution in [2.45, 2.75) is 57.6 Å². The predicted octanol–water partition coefficient (Wildman–Crippen LogP) is 1.44. The number of carbonyl (C=O) groups is 1. The SMILES string of the molecule is CCC(CCN)CCC(=O)NC1CC(OC)C1. The van der Waals surface area contributed by atoms with E-state index in [9.17, 15) is 4.79 Å². The molecule has 1 aliphatic carbocycles. The largest absolute Gasteiger partial charge is 0.381 e. The molecule has 0 aromatic heterocycles.